The van der Waals surface area contributed by atoms with Gasteiger partial charge < -0.3 is 10.5 Å². The minimum absolute atomic E-state index is 0.294. The Bertz CT molecular complexity index is 375. The second-order valence-corrected chi connectivity index (χ2v) is 4.62. The Morgan fingerprint density at radius 1 is 1.50 bits per heavy atom. The molecule has 1 aliphatic rings. The van der Waals surface area contributed by atoms with Crippen LogP contribution in [-0.4, -0.2) is 16.6 Å². The molecule has 1 aromatic heterocycles. The fourth-order valence-corrected chi connectivity index (χ4v) is 2.23. The van der Waals surface area contributed by atoms with Gasteiger partial charge in [0.25, 0.3) is 0 Å². The van der Waals surface area contributed by atoms with E-state index in [2.05, 4.69) is 4.98 Å². The van der Waals surface area contributed by atoms with Crippen LogP contribution in [0, 0.1) is 5.92 Å². The molecular weight excluding hydrogens is 220 g/mol. The molecule has 0 bridgehead atoms. The second-order valence-electron chi connectivity index (χ2n) is 4.18. The SMILES string of the molecule is NC(=S)c1ncccc1OCC1CCCC1. The maximum Gasteiger partial charge on any atom is 0.147 e. The molecule has 0 atom stereocenters. The van der Waals surface area contributed by atoms with E-state index < -0.39 is 0 Å². The van der Waals surface area contributed by atoms with Crippen LogP contribution in [0.3, 0.4) is 0 Å². The van der Waals surface area contributed by atoms with E-state index in [1.165, 1.54) is 25.7 Å². The molecule has 2 N–H and O–H groups in total. The largest absolute Gasteiger partial charge is 0.491 e. The van der Waals surface area contributed by atoms with Gasteiger partial charge in [-0.05, 0) is 30.9 Å². The predicted octanol–water partition coefficient (Wildman–Crippen LogP) is 2.28. The average Bonchev–Trinajstić information content (AvgIpc) is 2.79. The molecule has 0 amide bonds. The van der Waals surface area contributed by atoms with Gasteiger partial charge in [0.1, 0.15) is 16.4 Å². The van der Waals surface area contributed by atoms with E-state index in [-0.39, 0.29) is 0 Å². The summed E-state index contributed by atoms with van der Waals surface area (Å²) in [6, 6.07) is 3.71. The van der Waals surface area contributed by atoms with Gasteiger partial charge in [-0.15, -0.1) is 0 Å². The number of rotatable bonds is 4. The van der Waals surface area contributed by atoms with Crippen molar-refractivity contribution in [3.05, 3.63) is 24.0 Å². The van der Waals surface area contributed by atoms with E-state index in [9.17, 15) is 0 Å². The van der Waals surface area contributed by atoms with Gasteiger partial charge in [-0.2, -0.15) is 0 Å². The number of hydrogen-bond acceptors (Lipinski definition) is 3. The van der Waals surface area contributed by atoms with Crippen molar-refractivity contribution in [1.82, 2.24) is 4.98 Å². The van der Waals surface area contributed by atoms with Gasteiger partial charge in [0, 0.05) is 6.20 Å². The first-order chi connectivity index (χ1) is 7.77. The number of aromatic nitrogens is 1. The van der Waals surface area contributed by atoms with Crippen LogP contribution in [0.1, 0.15) is 31.4 Å². The smallest absolute Gasteiger partial charge is 0.147 e. The van der Waals surface area contributed by atoms with Crippen LogP contribution < -0.4 is 10.5 Å². The molecule has 0 aromatic carbocycles. The normalized spacial score (nSPS) is 16.2. The number of hydrogen-bond donors (Lipinski definition) is 1. The Morgan fingerprint density at radius 2 is 2.25 bits per heavy atom. The quantitative estimate of drug-likeness (QED) is 0.815. The highest BCUT2D eigenvalue weighted by Crippen LogP contribution is 2.26. The molecule has 0 radical (unpaired) electrons. The molecule has 2 rings (SSSR count). The minimum atomic E-state index is 0.294. The molecule has 16 heavy (non-hydrogen) atoms. The van der Waals surface area contributed by atoms with Gasteiger partial charge >= 0.3 is 0 Å². The highest BCUT2D eigenvalue weighted by atomic mass is 32.1. The van der Waals surface area contributed by atoms with Gasteiger partial charge in [-0.25, -0.2) is 4.98 Å². The summed E-state index contributed by atoms with van der Waals surface area (Å²) in [5.74, 6) is 1.39. The summed E-state index contributed by atoms with van der Waals surface area (Å²) >= 11 is 4.93. The fourth-order valence-electron chi connectivity index (χ4n) is 2.08. The third kappa shape index (κ3) is 2.70. The summed E-state index contributed by atoms with van der Waals surface area (Å²) in [5.41, 5.74) is 6.18. The van der Waals surface area contributed by atoms with E-state index in [1.807, 2.05) is 12.1 Å². The number of thiocarbonyl (C=S) groups is 1. The van der Waals surface area contributed by atoms with E-state index in [4.69, 9.17) is 22.7 Å². The van der Waals surface area contributed by atoms with Crippen molar-refractivity contribution in [3.63, 3.8) is 0 Å². The molecule has 0 saturated heterocycles. The Kier molecular flexibility index (Phi) is 3.72. The first-order valence-corrected chi connectivity index (χ1v) is 6.06. The lowest BCUT2D eigenvalue weighted by atomic mass is 10.1. The molecule has 3 nitrogen and oxygen atoms in total. The van der Waals surface area contributed by atoms with Crippen LogP contribution >= 0.6 is 12.2 Å². The number of pyridine rings is 1. The van der Waals surface area contributed by atoms with Gasteiger partial charge in [0.2, 0.25) is 0 Å². The highest BCUT2D eigenvalue weighted by molar-refractivity contribution is 7.80. The van der Waals surface area contributed by atoms with Crippen LogP contribution in [0.4, 0.5) is 0 Å². The molecule has 1 aliphatic carbocycles. The zero-order valence-corrected chi connectivity index (χ0v) is 10.0. The Balaban J connectivity index is 2.00. The lowest BCUT2D eigenvalue weighted by Crippen LogP contribution is -2.15. The minimum Gasteiger partial charge on any atom is -0.491 e. The molecular formula is C12H16N2OS. The predicted molar refractivity (Wildman–Crippen MR) is 67.6 cm³/mol. The summed E-state index contributed by atoms with van der Waals surface area (Å²) in [4.78, 5) is 4.43. The summed E-state index contributed by atoms with van der Waals surface area (Å²) in [5, 5.41) is 0. The first-order valence-electron chi connectivity index (χ1n) is 5.65. The van der Waals surface area contributed by atoms with Crippen molar-refractivity contribution in [3.8, 4) is 5.75 Å². The van der Waals surface area contributed by atoms with Crippen molar-refractivity contribution in [2.24, 2.45) is 11.7 Å². The van der Waals surface area contributed by atoms with E-state index >= 15 is 0 Å². The molecule has 1 saturated carbocycles. The molecule has 0 aliphatic heterocycles. The zero-order valence-electron chi connectivity index (χ0n) is 9.19. The van der Waals surface area contributed by atoms with E-state index in [0.717, 1.165) is 6.61 Å². The Morgan fingerprint density at radius 3 is 2.94 bits per heavy atom. The summed E-state index contributed by atoms with van der Waals surface area (Å²) in [6.45, 7) is 0.751. The van der Waals surface area contributed by atoms with Crippen molar-refractivity contribution < 1.29 is 4.74 Å². The van der Waals surface area contributed by atoms with Gasteiger partial charge in [0.05, 0.1) is 6.61 Å². The topological polar surface area (TPSA) is 48.1 Å². The zero-order chi connectivity index (χ0) is 11.4. The lowest BCUT2D eigenvalue weighted by molar-refractivity contribution is 0.251. The second kappa shape index (κ2) is 5.25. The molecule has 1 fully saturated rings. The van der Waals surface area contributed by atoms with Gasteiger partial charge in [-0.3, -0.25) is 0 Å². The van der Waals surface area contributed by atoms with Crippen molar-refractivity contribution in [2.75, 3.05) is 6.61 Å². The van der Waals surface area contributed by atoms with Crippen LogP contribution in [0.25, 0.3) is 0 Å². The summed E-state index contributed by atoms with van der Waals surface area (Å²) in [6.07, 6.45) is 6.86. The third-order valence-electron chi connectivity index (χ3n) is 2.95. The number of ether oxygens (including phenoxy) is 1. The number of nitrogens with two attached hydrogens (primary N) is 1. The fraction of sp³-hybridized carbons (Fsp3) is 0.500. The van der Waals surface area contributed by atoms with E-state index in [0.29, 0.717) is 22.3 Å². The van der Waals surface area contributed by atoms with Crippen LogP contribution in [0.15, 0.2) is 18.3 Å². The molecule has 86 valence electrons. The Labute approximate surface area is 101 Å². The Hall–Kier alpha value is -1.16. The van der Waals surface area contributed by atoms with Crippen LogP contribution in [0.2, 0.25) is 0 Å². The van der Waals surface area contributed by atoms with Crippen LogP contribution in [-0.2, 0) is 0 Å². The molecule has 1 heterocycles. The summed E-state index contributed by atoms with van der Waals surface area (Å²) in [7, 11) is 0. The van der Waals surface area contributed by atoms with Crippen molar-refractivity contribution in [2.45, 2.75) is 25.7 Å². The maximum atomic E-state index is 5.75. The third-order valence-corrected chi connectivity index (χ3v) is 3.15. The molecule has 4 heteroatoms. The lowest BCUT2D eigenvalue weighted by Gasteiger charge is -2.13. The average molecular weight is 236 g/mol. The van der Waals surface area contributed by atoms with Crippen molar-refractivity contribution in [1.29, 1.82) is 0 Å². The van der Waals surface area contributed by atoms with Crippen LogP contribution in [0.5, 0.6) is 5.75 Å². The first kappa shape index (κ1) is 11.3. The number of nitrogens with zero attached hydrogens (tertiary/aromatic N) is 1. The molecule has 0 unspecified atom stereocenters. The van der Waals surface area contributed by atoms with Gasteiger partial charge in [0.15, 0.2) is 0 Å². The maximum absolute atomic E-state index is 5.75. The molecule has 0 spiro atoms. The monoisotopic (exact) mass is 236 g/mol. The van der Waals surface area contributed by atoms with E-state index in [1.54, 1.807) is 6.20 Å². The highest BCUT2D eigenvalue weighted by Gasteiger charge is 2.16. The molecule has 1 aromatic rings. The van der Waals surface area contributed by atoms with Gasteiger partial charge in [-0.1, -0.05) is 25.1 Å². The summed E-state index contributed by atoms with van der Waals surface area (Å²) < 4.78 is 5.75. The standard InChI is InChI=1S/C12H16N2OS/c13-12(16)11-10(6-3-7-14-11)15-8-9-4-1-2-5-9/h3,6-7,9H,1-2,4-5,8H2,(H2,13,16). The van der Waals surface area contributed by atoms with Crippen molar-refractivity contribution >= 4 is 17.2 Å².